The second-order valence-electron chi connectivity index (χ2n) is 3.58. The van der Waals surface area contributed by atoms with Crippen LogP contribution in [0, 0.1) is 0 Å². The highest BCUT2D eigenvalue weighted by molar-refractivity contribution is 9.10. The summed E-state index contributed by atoms with van der Waals surface area (Å²) in [5.74, 6) is 0. The first-order valence-electron chi connectivity index (χ1n) is 5.28. The molecule has 1 heterocycles. The summed E-state index contributed by atoms with van der Waals surface area (Å²) in [4.78, 5) is 3.31. The van der Waals surface area contributed by atoms with E-state index in [1.165, 1.54) is 16.5 Å². The van der Waals surface area contributed by atoms with Crippen LogP contribution in [-0.2, 0) is 6.42 Å². The molecular weight excluding hydrogens is 252 g/mol. The molecule has 0 bridgehead atoms. The van der Waals surface area contributed by atoms with Crippen LogP contribution in [0.15, 0.2) is 28.9 Å². The summed E-state index contributed by atoms with van der Waals surface area (Å²) in [7, 11) is 0. The Morgan fingerprint density at radius 1 is 1.40 bits per heavy atom. The second-order valence-corrected chi connectivity index (χ2v) is 4.43. The minimum atomic E-state index is 1.03. The van der Waals surface area contributed by atoms with Crippen LogP contribution in [0.25, 0.3) is 10.9 Å². The molecule has 80 valence electrons. The predicted molar refractivity (Wildman–Crippen MR) is 68.2 cm³/mol. The quantitative estimate of drug-likeness (QED) is 0.818. The molecular formula is C12H15BrN2. The van der Waals surface area contributed by atoms with E-state index in [4.69, 9.17) is 0 Å². The van der Waals surface area contributed by atoms with Crippen molar-refractivity contribution in [2.75, 3.05) is 13.1 Å². The van der Waals surface area contributed by atoms with Gasteiger partial charge in [-0.25, -0.2) is 0 Å². The second kappa shape index (κ2) is 4.81. The van der Waals surface area contributed by atoms with Gasteiger partial charge in [0, 0.05) is 16.1 Å². The maximum atomic E-state index is 3.55. The van der Waals surface area contributed by atoms with Crippen molar-refractivity contribution >= 4 is 26.8 Å². The Morgan fingerprint density at radius 2 is 2.27 bits per heavy atom. The minimum Gasteiger partial charge on any atom is -0.360 e. The van der Waals surface area contributed by atoms with Crippen LogP contribution < -0.4 is 5.32 Å². The van der Waals surface area contributed by atoms with Gasteiger partial charge in [0.15, 0.2) is 0 Å². The lowest BCUT2D eigenvalue weighted by Crippen LogP contribution is -2.15. The molecule has 0 aliphatic heterocycles. The van der Waals surface area contributed by atoms with E-state index in [1.54, 1.807) is 0 Å². The zero-order valence-electron chi connectivity index (χ0n) is 8.81. The zero-order chi connectivity index (χ0) is 10.7. The number of benzene rings is 1. The first-order valence-corrected chi connectivity index (χ1v) is 6.07. The van der Waals surface area contributed by atoms with Crippen LogP contribution in [-0.4, -0.2) is 18.1 Å². The molecule has 3 heteroatoms. The van der Waals surface area contributed by atoms with Crippen LogP contribution >= 0.6 is 15.9 Å². The van der Waals surface area contributed by atoms with E-state index in [1.807, 2.05) is 0 Å². The molecule has 2 rings (SSSR count). The third kappa shape index (κ3) is 2.24. The largest absolute Gasteiger partial charge is 0.360 e. The lowest BCUT2D eigenvalue weighted by atomic mass is 10.1. The minimum absolute atomic E-state index is 1.03. The lowest BCUT2D eigenvalue weighted by molar-refractivity contribution is 0.718. The normalized spacial score (nSPS) is 11.1. The van der Waals surface area contributed by atoms with Gasteiger partial charge in [-0.15, -0.1) is 0 Å². The molecule has 0 amide bonds. The van der Waals surface area contributed by atoms with E-state index in [2.05, 4.69) is 57.6 Å². The van der Waals surface area contributed by atoms with Crippen LogP contribution in [0.4, 0.5) is 0 Å². The number of aromatic amines is 1. The van der Waals surface area contributed by atoms with E-state index in [-0.39, 0.29) is 0 Å². The third-order valence-electron chi connectivity index (χ3n) is 2.57. The summed E-state index contributed by atoms with van der Waals surface area (Å²) in [6, 6.07) is 6.31. The summed E-state index contributed by atoms with van der Waals surface area (Å²) in [5.41, 5.74) is 2.58. The van der Waals surface area contributed by atoms with E-state index in [9.17, 15) is 0 Å². The number of para-hydroxylation sites is 1. The molecule has 0 radical (unpaired) electrons. The van der Waals surface area contributed by atoms with Crippen LogP contribution in [0.3, 0.4) is 0 Å². The highest BCUT2D eigenvalue weighted by Gasteiger charge is 2.04. The number of rotatable bonds is 4. The molecule has 0 aliphatic carbocycles. The number of likely N-dealkylation sites (N-methyl/N-ethyl adjacent to an activating group) is 1. The molecule has 2 aromatic rings. The first kappa shape index (κ1) is 10.7. The molecule has 2 nitrogen and oxygen atoms in total. The molecule has 0 saturated carbocycles. The number of hydrogen-bond donors (Lipinski definition) is 2. The average Bonchev–Trinajstić information content (AvgIpc) is 2.64. The van der Waals surface area contributed by atoms with Gasteiger partial charge in [0.2, 0.25) is 0 Å². The summed E-state index contributed by atoms with van der Waals surface area (Å²) in [6.07, 6.45) is 3.18. The molecule has 0 fully saturated rings. The first-order chi connectivity index (χ1) is 7.33. The number of nitrogens with one attached hydrogen (secondary N) is 2. The fourth-order valence-corrected chi connectivity index (χ4v) is 2.26. The Hall–Kier alpha value is -0.800. The van der Waals surface area contributed by atoms with Crippen LogP contribution in [0.1, 0.15) is 12.5 Å². The fraction of sp³-hybridized carbons (Fsp3) is 0.333. The summed E-state index contributed by atoms with van der Waals surface area (Å²) < 4.78 is 1.13. The Balaban J connectivity index is 2.25. The fourth-order valence-electron chi connectivity index (χ4n) is 1.78. The summed E-state index contributed by atoms with van der Waals surface area (Å²) >= 11 is 3.55. The maximum absolute atomic E-state index is 3.55. The van der Waals surface area contributed by atoms with Crippen molar-refractivity contribution in [1.29, 1.82) is 0 Å². The van der Waals surface area contributed by atoms with Gasteiger partial charge < -0.3 is 10.3 Å². The molecule has 0 spiro atoms. The molecule has 0 saturated heterocycles. The van der Waals surface area contributed by atoms with Gasteiger partial charge in [-0.1, -0.05) is 19.1 Å². The summed E-state index contributed by atoms with van der Waals surface area (Å²) in [6.45, 7) is 4.20. The Morgan fingerprint density at radius 3 is 3.07 bits per heavy atom. The molecule has 15 heavy (non-hydrogen) atoms. The molecule has 0 aliphatic rings. The molecule has 1 aromatic carbocycles. The number of fused-ring (bicyclic) bond motifs is 1. The smallest absolute Gasteiger partial charge is 0.0601 e. The SMILES string of the molecule is CCNCCc1c[nH]c2c(Br)cccc12. The van der Waals surface area contributed by atoms with Gasteiger partial charge in [-0.2, -0.15) is 0 Å². The Labute approximate surface area is 98.2 Å². The highest BCUT2D eigenvalue weighted by Crippen LogP contribution is 2.25. The van der Waals surface area contributed by atoms with Crippen LogP contribution in [0.5, 0.6) is 0 Å². The van der Waals surface area contributed by atoms with E-state index in [0.717, 1.165) is 24.0 Å². The molecule has 2 N–H and O–H groups in total. The van der Waals surface area contributed by atoms with Gasteiger partial charge >= 0.3 is 0 Å². The Kier molecular flexibility index (Phi) is 3.44. The number of aromatic nitrogens is 1. The highest BCUT2D eigenvalue weighted by atomic mass is 79.9. The van der Waals surface area contributed by atoms with Crippen molar-refractivity contribution in [3.63, 3.8) is 0 Å². The third-order valence-corrected chi connectivity index (χ3v) is 3.23. The van der Waals surface area contributed by atoms with Crippen LogP contribution in [0.2, 0.25) is 0 Å². The van der Waals surface area contributed by atoms with E-state index >= 15 is 0 Å². The van der Waals surface area contributed by atoms with Gasteiger partial charge in [0.25, 0.3) is 0 Å². The molecule has 0 unspecified atom stereocenters. The van der Waals surface area contributed by atoms with Gasteiger partial charge in [-0.05, 0) is 47.1 Å². The number of H-pyrrole nitrogens is 1. The zero-order valence-corrected chi connectivity index (χ0v) is 10.4. The standard InChI is InChI=1S/C12H15BrN2/c1-2-14-7-6-9-8-15-12-10(9)4-3-5-11(12)13/h3-5,8,14-15H,2,6-7H2,1H3. The lowest BCUT2D eigenvalue weighted by Gasteiger charge is -2.00. The van der Waals surface area contributed by atoms with Crippen molar-refractivity contribution in [2.45, 2.75) is 13.3 Å². The molecule has 0 atom stereocenters. The van der Waals surface area contributed by atoms with Crippen molar-refractivity contribution in [1.82, 2.24) is 10.3 Å². The predicted octanol–water partition coefficient (Wildman–Crippen LogP) is 3.08. The maximum Gasteiger partial charge on any atom is 0.0601 e. The van der Waals surface area contributed by atoms with E-state index < -0.39 is 0 Å². The van der Waals surface area contributed by atoms with Crippen molar-refractivity contribution in [3.8, 4) is 0 Å². The van der Waals surface area contributed by atoms with Gasteiger partial charge in [0.05, 0.1) is 5.52 Å². The van der Waals surface area contributed by atoms with Crippen molar-refractivity contribution < 1.29 is 0 Å². The van der Waals surface area contributed by atoms with Gasteiger partial charge in [0.1, 0.15) is 0 Å². The number of halogens is 1. The topological polar surface area (TPSA) is 27.8 Å². The number of hydrogen-bond acceptors (Lipinski definition) is 1. The van der Waals surface area contributed by atoms with Gasteiger partial charge in [-0.3, -0.25) is 0 Å². The van der Waals surface area contributed by atoms with Crippen molar-refractivity contribution in [2.24, 2.45) is 0 Å². The summed E-state index contributed by atoms with van der Waals surface area (Å²) in [5, 5.41) is 4.66. The van der Waals surface area contributed by atoms with Crippen molar-refractivity contribution in [3.05, 3.63) is 34.4 Å². The average molecular weight is 267 g/mol. The molecule has 1 aromatic heterocycles. The van der Waals surface area contributed by atoms with E-state index in [0.29, 0.717) is 0 Å². The Bertz CT molecular complexity index is 448. The monoisotopic (exact) mass is 266 g/mol.